The van der Waals surface area contributed by atoms with Gasteiger partial charge in [-0.2, -0.15) is 0 Å². The largest absolute Gasteiger partial charge is 0.394 e. The van der Waals surface area contributed by atoms with Crippen LogP contribution < -0.4 is 5.32 Å². The van der Waals surface area contributed by atoms with Gasteiger partial charge in [-0.15, -0.1) is 0 Å². The zero-order valence-electron chi connectivity index (χ0n) is 49.3. The fraction of sp³-hybridized carbons (Fsp3) is 0.712. The number of carbonyl (C=O) groups is 1. The van der Waals surface area contributed by atoms with Crippen molar-refractivity contribution in [2.75, 3.05) is 19.8 Å². The van der Waals surface area contributed by atoms with Crippen LogP contribution in [0.15, 0.2) is 109 Å². The summed E-state index contributed by atoms with van der Waals surface area (Å²) in [7, 11) is 0. The Hall–Kier alpha value is -3.35. The molecule has 12 atom stereocenters. The lowest BCUT2D eigenvalue weighted by Gasteiger charge is -2.46. The second-order valence-electron chi connectivity index (χ2n) is 21.4. The Kier molecular flexibility index (Phi) is 45.6. The summed E-state index contributed by atoms with van der Waals surface area (Å²) in [5, 5.41) is 87.1. The molecule has 2 aliphatic rings. The molecule has 0 radical (unpaired) electrons. The van der Waals surface area contributed by atoms with Gasteiger partial charge < -0.3 is 65.1 Å². The maximum atomic E-state index is 13.3. The van der Waals surface area contributed by atoms with E-state index in [1.807, 2.05) is 6.08 Å². The minimum Gasteiger partial charge on any atom is -0.394 e. The molecule has 2 rings (SSSR count). The van der Waals surface area contributed by atoms with E-state index in [1.54, 1.807) is 6.08 Å². The molecule has 2 fully saturated rings. The Morgan fingerprint density at radius 2 is 0.875 bits per heavy atom. The number of amides is 1. The van der Waals surface area contributed by atoms with E-state index in [2.05, 4.69) is 116 Å². The van der Waals surface area contributed by atoms with Crippen LogP contribution in [0, 0.1) is 0 Å². The number of nitrogens with one attached hydrogen (secondary N) is 1. The zero-order valence-corrected chi connectivity index (χ0v) is 49.3. The van der Waals surface area contributed by atoms with Crippen LogP contribution >= 0.6 is 0 Å². The van der Waals surface area contributed by atoms with Crippen molar-refractivity contribution in [3.63, 3.8) is 0 Å². The van der Waals surface area contributed by atoms with Crippen LogP contribution in [0.2, 0.25) is 0 Å². The Balaban J connectivity index is 1.74. The highest BCUT2D eigenvalue weighted by atomic mass is 16.7. The second kappa shape index (κ2) is 50.2. The van der Waals surface area contributed by atoms with Crippen molar-refractivity contribution in [3.8, 4) is 0 Å². The van der Waals surface area contributed by atoms with Crippen LogP contribution in [0.5, 0.6) is 0 Å². The van der Waals surface area contributed by atoms with Gasteiger partial charge >= 0.3 is 0 Å². The first-order chi connectivity index (χ1) is 39.1. The number of unbranched alkanes of at least 4 members (excludes halogenated alkanes) is 19. The highest BCUT2D eigenvalue weighted by molar-refractivity contribution is 5.76. The lowest BCUT2D eigenvalue weighted by Crippen LogP contribution is -2.65. The number of carbonyl (C=O) groups excluding carboxylic acids is 1. The molecule has 14 nitrogen and oxygen atoms in total. The molecule has 80 heavy (non-hydrogen) atoms. The summed E-state index contributed by atoms with van der Waals surface area (Å²) in [6.45, 7) is 2.64. The third-order valence-corrected chi connectivity index (χ3v) is 14.4. The summed E-state index contributed by atoms with van der Waals surface area (Å²) in [6, 6.07) is -0.948. The molecular formula is C66H111NO13. The van der Waals surface area contributed by atoms with Crippen molar-refractivity contribution >= 4 is 5.91 Å². The first-order valence-corrected chi connectivity index (χ1v) is 31.1. The van der Waals surface area contributed by atoms with Crippen LogP contribution in [-0.2, 0) is 23.7 Å². The summed E-state index contributed by atoms with van der Waals surface area (Å²) >= 11 is 0. The summed E-state index contributed by atoms with van der Waals surface area (Å²) in [6.07, 6.45) is 54.1. The minimum atomic E-state index is -1.80. The molecule has 2 heterocycles. The predicted molar refractivity (Wildman–Crippen MR) is 322 cm³/mol. The monoisotopic (exact) mass is 1130 g/mol. The zero-order chi connectivity index (χ0) is 58.1. The van der Waals surface area contributed by atoms with E-state index in [9.17, 15) is 45.6 Å². The van der Waals surface area contributed by atoms with Crippen molar-refractivity contribution in [2.45, 2.75) is 280 Å². The van der Waals surface area contributed by atoms with E-state index in [1.165, 1.54) is 83.5 Å². The number of hydrogen-bond acceptors (Lipinski definition) is 13. The first-order valence-electron chi connectivity index (χ1n) is 31.1. The molecule has 0 saturated carbocycles. The third kappa shape index (κ3) is 34.9. The van der Waals surface area contributed by atoms with Crippen molar-refractivity contribution in [1.29, 1.82) is 0 Å². The van der Waals surface area contributed by atoms with E-state index in [-0.39, 0.29) is 18.9 Å². The van der Waals surface area contributed by atoms with E-state index in [4.69, 9.17) is 18.9 Å². The number of ether oxygens (including phenoxy) is 4. The Bertz CT molecular complexity index is 1760. The minimum absolute atomic E-state index is 0.258. The van der Waals surface area contributed by atoms with Crippen molar-refractivity contribution in [1.82, 2.24) is 5.32 Å². The van der Waals surface area contributed by atoms with E-state index in [0.29, 0.717) is 12.8 Å². The summed E-state index contributed by atoms with van der Waals surface area (Å²) in [4.78, 5) is 13.3. The van der Waals surface area contributed by atoms with Crippen LogP contribution in [0.4, 0.5) is 0 Å². The molecule has 0 bridgehead atoms. The molecule has 458 valence electrons. The molecule has 2 saturated heterocycles. The number of hydrogen-bond donors (Lipinski definition) is 9. The fourth-order valence-corrected chi connectivity index (χ4v) is 9.44. The van der Waals surface area contributed by atoms with Gasteiger partial charge in [0.05, 0.1) is 32.0 Å². The van der Waals surface area contributed by atoms with Gasteiger partial charge in [0.1, 0.15) is 48.8 Å². The summed E-state index contributed by atoms with van der Waals surface area (Å²) in [5.74, 6) is -0.263. The molecule has 0 aromatic rings. The van der Waals surface area contributed by atoms with Gasteiger partial charge in [-0.3, -0.25) is 4.79 Å². The first kappa shape index (κ1) is 72.8. The normalized spacial score (nSPS) is 25.0. The molecular weight excluding hydrogens is 1010 g/mol. The van der Waals surface area contributed by atoms with Crippen LogP contribution in [0.3, 0.4) is 0 Å². The number of aliphatic hydroxyl groups is 8. The Labute approximate surface area is 483 Å². The summed E-state index contributed by atoms with van der Waals surface area (Å²) in [5.41, 5.74) is 0. The van der Waals surface area contributed by atoms with E-state index >= 15 is 0 Å². The molecule has 2 aliphatic heterocycles. The summed E-state index contributed by atoms with van der Waals surface area (Å²) < 4.78 is 22.8. The molecule has 1 amide bonds. The predicted octanol–water partition coefficient (Wildman–Crippen LogP) is 11.2. The molecule has 0 aromatic heterocycles. The molecule has 0 spiro atoms. The third-order valence-electron chi connectivity index (χ3n) is 14.4. The number of aliphatic hydroxyl groups excluding tert-OH is 8. The molecule has 14 heteroatoms. The molecule has 0 aromatic carbocycles. The van der Waals surface area contributed by atoms with Crippen LogP contribution in [-0.4, -0.2) is 140 Å². The lowest BCUT2D eigenvalue weighted by atomic mass is 9.97. The van der Waals surface area contributed by atoms with E-state index < -0.39 is 86.8 Å². The SMILES string of the molecule is CC/C=C\C/C=C\C/C=C\C/C=C\C/C=C\C/C=C\CCCCCCCCCCCCC(=O)NC(COC1OC(CO)C(OC2OC(CO)C(O)C(O)C2O)C(O)C1O)C(O)/C=C/CC/C=C/CC/C=C/CCCCCCCCC. The average molecular weight is 1130 g/mol. The van der Waals surface area contributed by atoms with Gasteiger partial charge in [-0.1, -0.05) is 213 Å². The highest BCUT2D eigenvalue weighted by Crippen LogP contribution is 2.30. The van der Waals surface area contributed by atoms with Gasteiger partial charge in [-0.05, 0) is 96.3 Å². The molecule has 9 N–H and O–H groups in total. The highest BCUT2D eigenvalue weighted by Gasteiger charge is 2.51. The van der Waals surface area contributed by atoms with Crippen molar-refractivity contribution in [2.24, 2.45) is 0 Å². The van der Waals surface area contributed by atoms with E-state index in [0.717, 1.165) is 89.9 Å². The number of rotatable bonds is 48. The maximum Gasteiger partial charge on any atom is 0.220 e. The van der Waals surface area contributed by atoms with Gasteiger partial charge in [0, 0.05) is 6.42 Å². The molecule has 12 unspecified atom stereocenters. The fourth-order valence-electron chi connectivity index (χ4n) is 9.44. The van der Waals surface area contributed by atoms with Gasteiger partial charge in [0.2, 0.25) is 5.91 Å². The van der Waals surface area contributed by atoms with Gasteiger partial charge in [0.25, 0.3) is 0 Å². The maximum absolute atomic E-state index is 13.3. The van der Waals surface area contributed by atoms with Crippen LogP contribution in [0.1, 0.15) is 206 Å². The van der Waals surface area contributed by atoms with Crippen molar-refractivity contribution in [3.05, 3.63) is 109 Å². The van der Waals surface area contributed by atoms with Gasteiger partial charge in [0.15, 0.2) is 12.6 Å². The Morgan fingerprint density at radius 1 is 0.463 bits per heavy atom. The van der Waals surface area contributed by atoms with Gasteiger partial charge in [-0.25, -0.2) is 0 Å². The second-order valence-corrected chi connectivity index (χ2v) is 21.4. The quantitative estimate of drug-likeness (QED) is 0.0204. The number of allylic oxidation sites excluding steroid dienone is 17. The average Bonchev–Trinajstić information content (AvgIpc) is 3.46. The lowest BCUT2D eigenvalue weighted by molar-refractivity contribution is -0.359. The standard InChI is InChI=1S/C66H111NO13/c1-3-5-7-9-11-13-15-17-19-21-22-23-24-25-26-27-28-29-30-31-32-34-36-38-40-42-44-46-48-50-58(71)67-54(55(70)49-47-45-43-41-39-37-35-33-20-18-16-14-12-10-8-6-4-2)53-77-65-63(76)61(74)64(57(52-69)79-65)80-66-62(75)60(73)59(72)56(51-68)78-66/h5,7,11,13,17,19-20,22-23,25-26,28-29,33,39,41,47,49,54-57,59-66,68-70,72-76H,3-4,6,8-10,12,14-16,18,21,24,27,30-32,34-38,40,42-46,48,50-53H2,1-2H3,(H,67,71)/b7-5-,13-11-,19-17-,23-22-,26-25-,29-28-,33-20+,41-39+,49-47+. The molecule has 0 aliphatic carbocycles. The topological polar surface area (TPSA) is 228 Å². The van der Waals surface area contributed by atoms with Crippen LogP contribution in [0.25, 0.3) is 0 Å². The Morgan fingerprint density at radius 3 is 1.38 bits per heavy atom. The van der Waals surface area contributed by atoms with Crippen molar-refractivity contribution < 1.29 is 64.6 Å². The smallest absolute Gasteiger partial charge is 0.220 e.